The normalized spacial score (nSPS) is 40.9. The highest BCUT2D eigenvalue weighted by Gasteiger charge is 2.60. The van der Waals surface area contributed by atoms with Crippen molar-refractivity contribution in [3.05, 3.63) is 11.6 Å². The number of Topliss-reactive ketones (excluding diaryl/α,β-unsaturated/α-hetero) is 1. The molecule has 4 aliphatic rings. The predicted octanol–water partition coefficient (Wildman–Crippen LogP) is 6.11. The first kappa shape index (κ1) is 24.9. The molecule has 3 saturated carbocycles. The van der Waals surface area contributed by atoms with E-state index >= 15 is 0 Å². The summed E-state index contributed by atoms with van der Waals surface area (Å²) in [6.07, 6.45) is 12.9. The van der Waals surface area contributed by atoms with Gasteiger partial charge in [0.1, 0.15) is 11.9 Å². The molecule has 3 fully saturated rings. The fourth-order valence-electron chi connectivity index (χ4n) is 8.89. The molecule has 0 radical (unpaired) electrons. The van der Waals surface area contributed by atoms with Gasteiger partial charge in [0.25, 0.3) is 0 Å². The van der Waals surface area contributed by atoms with E-state index in [-0.39, 0.29) is 30.0 Å². The molecule has 4 heteroatoms. The highest BCUT2D eigenvalue weighted by molar-refractivity contribution is 5.80. The zero-order valence-electron chi connectivity index (χ0n) is 21.6. The van der Waals surface area contributed by atoms with Crippen LogP contribution >= 0.6 is 0 Å². The standard InChI is InChI=1S/C29H46O4/c1-18(2)27(32)11-6-19(3)24-9-10-25-23-8-7-21-16-22(33-20(4)31)12-15-29(21,17-30)26(23)13-14-28(24,25)5/h7,18-19,22-26,30H,6,8-17H2,1-5H3/t19-,22-,23-,24+,25-,26-,28+,29+/m0/s1. The van der Waals surface area contributed by atoms with Crippen LogP contribution in [-0.2, 0) is 14.3 Å². The van der Waals surface area contributed by atoms with E-state index in [1.54, 1.807) is 0 Å². The summed E-state index contributed by atoms with van der Waals surface area (Å²) in [5, 5.41) is 10.7. The Balaban J connectivity index is 1.50. The van der Waals surface area contributed by atoms with E-state index in [1.165, 1.54) is 38.2 Å². The Labute approximate surface area is 200 Å². The lowest BCUT2D eigenvalue weighted by atomic mass is 9.46. The maximum atomic E-state index is 12.2. The average Bonchev–Trinajstić information content (AvgIpc) is 3.13. The summed E-state index contributed by atoms with van der Waals surface area (Å²) in [6.45, 7) is 10.7. The Morgan fingerprint density at radius 1 is 1.12 bits per heavy atom. The van der Waals surface area contributed by atoms with Crippen LogP contribution in [0.3, 0.4) is 0 Å². The van der Waals surface area contributed by atoms with Gasteiger partial charge in [-0.1, -0.05) is 39.3 Å². The van der Waals surface area contributed by atoms with Crippen molar-refractivity contribution < 1.29 is 19.4 Å². The van der Waals surface area contributed by atoms with Crippen molar-refractivity contribution in [3.8, 4) is 0 Å². The fourth-order valence-corrected chi connectivity index (χ4v) is 8.89. The molecule has 186 valence electrons. The second-order valence-corrected chi connectivity index (χ2v) is 12.5. The number of esters is 1. The molecule has 0 aromatic rings. The van der Waals surface area contributed by atoms with E-state index in [4.69, 9.17) is 4.74 Å². The summed E-state index contributed by atoms with van der Waals surface area (Å²) in [7, 11) is 0. The number of carbonyl (C=O) groups is 2. The van der Waals surface area contributed by atoms with Crippen LogP contribution in [0.4, 0.5) is 0 Å². The van der Waals surface area contributed by atoms with Gasteiger partial charge in [0.15, 0.2) is 0 Å². The number of aliphatic hydroxyl groups is 1. The summed E-state index contributed by atoms with van der Waals surface area (Å²) in [5.41, 5.74) is 1.62. The minimum absolute atomic E-state index is 0.0240. The van der Waals surface area contributed by atoms with Crippen molar-refractivity contribution in [2.24, 2.45) is 46.3 Å². The second kappa shape index (κ2) is 9.47. The summed E-state index contributed by atoms with van der Waals surface area (Å²) in [4.78, 5) is 23.7. The largest absolute Gasteiger partial charge is 0.462 e. The van der Waals surface area contributed by atoms with Crippen LogP contribution in [0.2, 0.25) is 0 Å². The summed E-state index contributed by atoms with van der Waals surface area (Å²) < 4.78 is 5.56. The van der Waals surface area contributed by atoms with E-state index in [1.807, 2.05) is 13.8 Å². The Bertz CT molecular complexity index is 784. The number of aliphatic hydroxyl groups excluding tert-OH is 1. The Morgan fingerprint density at radius 3 is 2.55 bits per heavy atom. The van der Waals surface area contributed by atoms with Crippen LogP contribution in [0.1, 0.15) is 98.8 Å². The van der Waals surface area contributed by atoms with Gasteiger partial charge in [0.05, 0.1) is 6.61 Å². The molecule has 0 bridgehead atoms. The topological polar surface area (TPSA) is 63.6 Å². The Morgan fingerprint density at radius 2 is 1.88 bits per heavy atom. The quantitative estimate of drug-likeness (QED) is 0.369. The molecule has 1 N–H and O–H groups in total. The van der Waals surface area contributed by atoms with Gasteiger partial charge in [0, 0.05) is 31.1 Å². The lowest BCUT2D eigenvalue weighted by Gasteiger charge is -2.59. The van der Waals surface area contributed by atoms with Crippen LogP contribution in [0, 0.1) is 46.3 Å². The third kappa shape index (κ3) is 4.34. The van der Waals surface area contributed by atoms with Gasteiger partial charge in [-0.3, -0.25) is 9.59 Å². The van der Waals surface area contributed by atoms with E-state index in [0.29, 0.717) is 34.9 Å². The number of carbonyl (C=O) groups excluding carboxylic acids is 2. The molecule has 4 nitrogen and oxygen atoms in total. The molecule has 0 amide bonds. The lowest BCUT2D eigenvalue weighted by molar-refractivity contribution is -0.149. The number of rotatable bonds is 7. The molecule has 8 atom stereocenters. The first-order chi connectivity index (χ1) is 15.6. The molecule has 0 unspecified atom stereocenters. The van der Waals surface area contributed by atoms with Gasteiger partial charge in [-0.2, -0.15) is 0 Å². The summed E-state index contributed by atoms with van der Waals surface area (Å²) in [5.74, 6) is 3.59. The lowest BCUT2D eigenvalue weighted by Crippen LogP contribution is -2.53. The first-order valence-corrected chi connectivity index (χ1v) is 13.6. The van der Waals surface area contributed by atoms with Crippen molar-refractivity contribution in [1.82, 2.24) is 0 Å². The van der Waals surface area contributed by atoms with Gasteiger partial charge in [0.2, 0.25) is 0 Å². The second-order valence-electron chi connectivity index (χ2n) is 12.5. The number of hydrogen-bond acceptors (Lipinski definition) is 4. The van der Waals surface area contributed by atoms with Gasteiger partial charge in [-0.15, -0.1) is 0 Å². The van der Waals surface area contributed by atoms with Crippen molar-refractivity contribution in [1.29, 1.82) is 0 Å². The predicted molar refractivity (Wildman–Crippen MR) is 130 cm³/mol. The summed E-state index contributed by atoms with van der Waals surface area (Å²) in [6, 6.07) is 0. The molecule has 4 rings (SSSR count). The third-order valence-corrected chi connectivity index (χ3v) is 10.6. The van der Waals surface area contributed by atoms with Crippen LogP contribution in [0.15, 0.2) is 11.6 Å². The minimum atomic E-state index is -0.194. The average molecular weight is 459 g/mol. The van der Waals surface area contributed by atoms with Gasteiger partial charge < -0.3 is 9.84 Å². The molecule has 0 aromatic carbocycles. The molecular formula is C29H46O4. The van der Waals surface area contributed by atoms with E-state index in [0.717, 1.165) is 44.4 Å². The highest BCUT2D eigenvalue weighted by Crippen LogP contribution is 2.67. The molecular weight excluding hydrogens is 412 g/mol. The number of hydrogen-bond donors (Lipinski definition) is 1. The Kier molecular flexibility index (Phi) is 7.16. The monoisotopic (exact) mass is 458 g/mol. The molecule has 0 saturated heterocycles. The van der Waals surface area contributed by atoms with Crippen molar-refractivity contribution in [2.75, 3.05) is 6.61 Å². The highest BCUT2D eigenvalue weighted by atomic mass is 16.5. The van der Waals surface area contributed by atoms with Crippen LogP contribution in [0.25, 0.3) is 0 Å². The number of allylic oxidation sites excluding steroid dienone is 1. The van der Waals surface area contributed by atoms with Gasteiger partial charge in [-0.25, -0.2) is 0 Å². The zero-order chi connectivity index (χ0) is 24.0. The van der Waals surface area contributed by atoms with E-state index in [2.05, 4.69) is 19.9 Å². The minimum Gasteiger partial charge on any atom is -0.462 e. The van der Waals surface area contributed by atoms with Crippen LogP contribution < -0.4 is 0 Å². The van der Waals surface area contributed by atoms with Crippen LogP contribution in [0.5, 0.6) is 0 Å². The van der Waals surface area contributed by atoms with Gasteiger partial charge >= 0.3 is 5.97 Å². The number of ether oxygens (including phenoxy) is 1. The van der Waals surface area contributed by atoms with E-state index in [9.17, 15) is 14.7 Å². The molecule has 0 spiro atoms. The molecule has 4 aliphatic carbocycles. The van der Waals surface area contributed by atoms with Crippen molar-refractivity contribution >= 4 is 11.8 Å². The van der Waals surface area contributed by atoms with Crippen molar-refractivity contribution in [3.63, 3.8) is 0 Å². The zero-order valence-corrected chi connectivity index (χ0v) is 21.6. The third-order valence-electron chi connectivity index (χ3n) is 10.6. The molecule has 0 aromatic heterocycles. The maximum absolute atomic E-state index is 12.2. The first-order valence-electron chi connectivity index (χ1n) is 13.6. The smallest absolute Gasteiger partial charge is 0.302 e. The van der Waals surface area contributed by atoms with Gasteiger partial charge in [-0.05, 0) is 86.4 Å². The SMILES string of the molecule is CC(=O)O[C@H]1CC[C@@]2(CO)C(=CC[C@@H]3[C@@H]2CC[C@]2(C)[C@@H]([C@@H](C)CCC(=O)C(C)C)CC[C@@H]32)C1. The Hall–Kier alpha value is -1.16. The van der Waals surface area contributed by atoms with Crippen LogP contribution in [-0.4, -0.2) is 29.6 Å². The summed E-state index contributed by atoms with van der Waals surface area (Å²) >= 11 is 0. The molecule has 0 heterocycles. The maximum Gasteiger partial charge on any atom is 0.302 e. The fraction of sp³-hybridized carbons (Fsp3) is 0.862. The van der Waals surface area contributed by atoms with E-state index < -0.39 is 0 Å². The number of fused-ring (bicyclic) bond motifs is 5. The molecule has 33 heavy (non-hydrogen) atoms. The number of ketones is 1. The molecule has 0 aliphatic heterocycles. The van der Waals surface area contributed by atoms with Crippen molar-refractivity contribution in [2.45, 2.75) is 105 Å².